The van der Waals surface area contributed by atoms with Crippen molar-refractivity contribution in [2.45, 2.75) is 32.8 Å². The van der Waals surface area contributed by atoms with Crippen molar-refractivity contribution in [1.82, 2.24) is 0 Å². The lowest BCUT2D eigenvalue weighted by Gasteiger charge is -2.17. The molecule has 0 aliphatic rings. The Morgan fingerprint density at radius 1 is 1.06 bits per heavy atom. The molecule has 3 heteroatoms. The van der Waals surface area contributed by atoms with Crippen LogP contribution in [0.5, 0.6) is 11.5 Å². The Labute approximate surface area is 97.0 Å². The molecule has 3 nitrogen and oxygen atoms in total. The van der Waals surface area contributed by atoms with Crippen LogP contribution in [0.15, 0.2) is 24.3 Å². The van der Waals surface area contributed by atoms with Crippen molar-refractivity contribution in [2.24, 2.45) is 0 Å². The Hall–Kier alpha value is -1.22. The van der Waals surface area contributed by atoms with Gasteiger partial charge in [-0.1, -0.05) is 0 Å². The van der Waals surface area contributed by atoms with Crippen LogP contribution in [0.25, 0.3) is 0 Å². The van der Waals surface area contributed by atoms with Crippen LogP contribution >= 0.6 is 0 Å². The molecule has 0 aliphatic heterocycles. The summed E-state index contributed by atoms with van der Waals surface area (Å²) in [6, 6.07) is 7.50. The molecule has 1 N–H and O–H groups in total. The number of benzene rings is 1. The average Bonchev–Trinajstić information content (AvgIpc) is 2.19. The Kier molecular flexibility index (Phi) is 4.62. The maximum atomic E-state index is 9.51. The molecule has 0 amide bonds. The third-order valence-corrected chi connectivity index (χ3v) is 2.12. The predicted molar refractivity (Wildman–Crippen MR) is 64.0 cm³/mol. The highest BCUT2D eigenvalue weighted by Gasteiger charge is 2.11. The van der Waals surface area contributed by atoms with E-state index in [1.165, 1.54) is 0 Å². The van der Waals surface area contributed by atoms with Crippen molar-refractivity contribution in [3.8, 4) is 11.5 Å². The minimum Gasteiger partial charge on any atom is -0.494 e. The van der Waals surface area contributed by atoms with Crippen LogP contribution in [0.3, 0.4) is 0 Å². The lowest BCUT2D eigenvalue weighted by atomic mass is 10.1. The zero-order valence-electron chi connectivity index (χ0n) is 10.2. The Morgan fingerprint density at radius 3 is 2.00 bits per heavy atom. The van der Waals surface area contributed by atoms with E-state index >= 15 is 0 Å². The van der Waals surface area contributed by atoms with Crippen molar-refractivity contribution < 1.29 is 14.6 Å². The van der Waals surface area contributed by atoms with Crippen molar-refractivity contribution in [3.05, 3.63) is 24.3 Å². The number of aliphatic hydroxyl groups is 1. The first-order chi connectivity index (χ1) is 7.51. The van der Waals surface area contributed by atoms with Gasteiger partial charge in [0.15, 0.2) is 0 Å². The third kappa shape index (κ3) is 5.03. The summed E-state index contributed by atoms with van der Waals surface area (Å²) in [6.07, 6.45) is 0.611. The van der Waals surface area contributed by atoms with Gasteiger partial charge in [-0.3, -0.25) is 0 Å². The summed E-state index contributed by atoms with van der Waals surface area (Å²) in [5, 5.41) is 9.51. The van der Waals surface area contributed by atoms with Gasteiger partial charge in [-0.2, -0.15) is 0 Å². The van der Waals surface area contributed by atoms with E-state index in [9.17, 15) is 5.11 Å². The van der Waals surface area contributed by atoms with Crippen LogP contribution in [0.4, 0.5) is 0 Å². The molecule has 1 rings (SSSR count). The van der Waals surface area contributed by atoms with Crippen LogP contribution in [-0.2, 0) is 0 Å². The Morgan fingerprint density at radius 2 is 1.56 bits per heavy atom. The maximum Gasteiger partial charge on any atom is 0.119 e. The lowest BCUT2D eigenvalue weighted by Crippen LogP contribution is -2.21. The van der Waals surface area contributed by atoms with E-state index in [1.807, 2.05) is 31.2 Å². The van der Waals surface area contributed by atoms with Crippen molar-refractivity contribution >= 4 is 0 Å². The Balaban J connectivity index is 2.37. The molecule has 0 aromatic heterocycles. The second-order valence-electron chi connectivity index (χ2n) is 4.32. The molecule has 0 saturated carbocycles. The fourth-order valence-electron chi connectivity index (χ4n) is 1.22. The summed E-state index contributed by atoms with van der Waals surface area (Å²) in [6.45, 7) is 6.67. The maximum absolute atomic E-state index is 9.51. The van der Waals surface area contributed by atoms with E-state index in [0.717, 1.165) is 11.5 Å². The molecular formula is C13H20O3. The fraction of sp³-hybridized carbons (Fsp3) is 0.538. The summed E-state index contributed by atoms with van der Waals surface area (Å²) in [5.41, 5.74) is -0.675. The van der Waals surface area contributed by atoms with Crippen LogP contribution in [0.2, 0.25) is 0 Å². The number of rotatable bonds is 6. The molecule has 0 heterocycles. The monoisotopic (exact) mass is 224 g/mol. The molecule has 0 unspecified atom stereocenters. The van der Waals surface area contributed by atoms with Gasteiger partial charge in [0.05, 0.1) is 18.8 Å². The number of hydrogen-bond acceptors (Lipinski definition) is 3. The highest BCUT2D eigenvalue weighted by molar-refractivity contribution is 5.31. The van der Waals surface area contributed by atoms with Crippen molar-refractivity contribution in [1.29, 1.82) is 0 Å². The minimum absolute atomic E-state index is 0.511. The van der Waals surface area contributed by atoms with Gasteiger partial charge in [0.1, 0.15) is 11.5 Å². The quantitative estimate of drug-likeness (QED) is 0.807. The van der Waals surface area contributed by atoms with Gasteiger partial charge in [0.25, 0.3) is 0 Å². The fourth-order valence-corrected chi connectivity index (χ4v) is 1.22. The lowest BCUT2D eigenvalue weighted by molar-refractivity contribution is 0.0553. The first-order valence-electron chi connectivity index (χ1n) is 5.59. The van der Waals surface area contributed by atoms with Gasteiger partial charge in [0, 0.05) is 6.42 Å². The summed E-state index contributed by atoms with van der Waals surface area (Å²) in [4.78, 5) is 0. The highest BCUT2D eigenvalue weighted by atomic mass is 16.5. The largest absolute Gasteiger partial charge is 0.494 e. The molecule has 16 heavy (non-hydrogen) atoms. The van der Waals surface area contributed by atoms with Crippen LogP contribution in [0, 0.1) is 0 Å². The summed E-state index contributed by atoms with van der Waals surface area (Å²) >= 11 is 0. The minimum atomic E-state index is -0.675. The second-order valence-corrected chi connectivity index (χ2v) is 4.32. The highest BCUT2D eigenvalue weighted by Crippen LogP contribution is 2.18. The zero-order valence-corrected chi connectivity index (χ0v) is 10.2. The molecule has 0 saturated heterocycles. The van der Waals surface area contributed by atoms with Crippen LogP contribution in [0.1, 0.15) is 27.2 Å². The smallest absolute Gasteiger partial charge is 0.119 e. The van der Waals surface area contributed by atoms with Gasteiger partial charge in [-0.25, -0.2) is 0 Å². The van der Waals surface area contributed by atoms with E-state index in [-0.39, 0.29) is 0 Å². The topological polar surface area (TPSA) is 38.7 Å². The summed E-state index contributed by atoms with van der Waals surface area (Å²) in [7, 11) is 0. The summed E-state index contributed by atoms with van der Waals surface area (Å²) in [5.74, 6) is 1.64. The SMILES string of the molecule is CCOc1ccc(OCCC(C)(C)O)cc1. The van der Waals surface area contributed by atoms with E-state index in [4.69, 9.17) is 9.47 Å². The van der Waals surface area contributed by atoms with Gasteiger partial charge in [-0.05, 0) is 45.0 Å². The first kappa shape index (κ1) is 12.8. The first-order valence-corrected chi connectivity index (χ1v) is 5.59. The molecule has 90 valence electrons. The molecular weight excluding hydrogens is 204 g/mol. The molecule has 0 radical (unpaired) electrons. The second kappa shape index (κ2) is 5.75. The van der Waals surface area contributed by atoms with Gasteiger partial charge in [0.2, 0.25) is 0 Å². The van der Waals surface area contributed by atoms with Crippen LogP contribution in [-0.4, -0.2) is 23.9 Å². The molecule has 0 spiro atoms. The van der Waals surface area contributed by atoms with E-state index in [0.29, 0.717) is 19.6 Å². The van der Waals surface area contributed by atoms with E-state index in [2.05, 4.69) is 0 Å². The average molecular weight is 224 g/mol. The van der Waals surface area contributed by atoms with Crippen molar-refractivity contribution in [2.75, 3.05) is 13.2 Å². The van der Waals surface area contributed by atoms with E-state index in [1.54, 1.807) is 13.8 Å². The van der Waals surface area contributed by atoms with Crippen molar-refractivity contribution in [3.63, 3.8) is 0 Å². The van der Waals surface area contributed by atoms with Gasteiger partial charge >= 0.3 is 0 Å². The molecule has 0 atom stereocenters. The molecule has 1 aromatic rings. The molecule has 0 bridgehead atoms. The molecule has 1 aromatic carbocycles. The summed E-state index contributed by atoms with van der Waals surface area (Å²) < 4.78 is 10.8. The molecule has 0 fully saturated rings. The third-order valence-electron chi connectivity index (χ3n) is 2.12. The van der Waals surface area contributed by atoms with Gasteiger partial charge in [-0.15, -0.1) is 0 Å². The van der Waals surface area contributed by atoms with Gasteiger partial charge < -0.3 is 14.6 Å². The number of ether oxygens (including phenoxy) is 2. The number of hydrogen-bond donors (Lipinski definition) is 1. The zero-order chi connectivity index (χ0) is 12.0. The predicted octanol–water partition coefficient (Wildman–Crippen LogP) is 2.63. The Bertz CT molecular complexity index is 298. The normalized spacial score (nSPS) is 11.2. The molecule has 0 aliphatic carbocycles. The van der Waals surface area contributed by atoms with Crippen LogP contribution < -0.4 is 9.47 Å². The van der Waals surface area contributed by atoms with E-state index < -0.39 is 5.60 Å². The standard InChI is InChI=1S/C13H20O3/c1-4-15-11-5-7-12(8-6-11)16-10-9-13(2,3)14/h5-8,14H,4,9-10H2,1-3H3.